The van der Waals surface area contributed by atoms with Crippen LogP contribution in [-0.4, -0.2) is 46.0 Å². The fourth-order valence-corrected chi connectivity index (χ4v) is 1.57. The number of hydrogen-bond acceptors (Lipinski definition) is 3. The molecule has 102 valence electrons. The quantitative estimate of drug-likeness (QED) is 0.809. The van der Waals surface area contributed by atoms with Crippen molar-refractivity contribution in [3.05, 3.63) is 34.9 Å². The topological polar surface area (TPSA) is 94.9 Å². The van der Waals surface area contributed by atoms with Crippen molar-refractivity contribution in [2.45, 2.75) is 6.42 Å². The summed E-state index contributed by atoms with van der Waals surface area (Å²) in [5, 5.41) is 17.8. The summed E-state index contributed by atoms with van der Waals surface area (Å²) in [6.45, 7) is -1.28. The second-order valence-corrected chi connectivity index (χ2v) is 4.28. The Morgan fingerprint density at radius 1 is 1.00 bits per heavy atom. The van der Waals surface area contributed by atoms with Gasteiger partial charge in [0.1, 0.15) is 13.1 Å². The van der Waals surface area contributed by atoms with Crippen LogP contribution in [0.15, 0.2) is 24.3 Å². The first kappa shape index (κ1) is 15.0. The minimum atomic E-state index is -1.26. The summed E-state index contributed by atoms with van der Waals surface area (Å²) in [5.74, 6) is -3.08. The number of hydrogen-bond donors (Lipinski definition) is 2. The summed E-state index contributed by atoms with van der Waals surface area (Å²) in [4.78, 5) is 33.8. The minimum absolute atomic E-state index is 0.0717. The van der Waals surface area contributed by atoms with Crippen LogP contribution in [0, 0.1) is 0 Å². The lowest BCUT2D eigenvalue weighted by molar-refractivity contribution is -0.149. The molecule has 0 bridgehead atoms. The van der Waals surface area contributed by atoms with Gasteiger partial charge in [-0.2, -0.15) is 0 Å². The number of aliphatic carboxylic acids is 2. The second-order valence-electron chi connectivity index (χ2n) is 3.84. The summed E-state index contributed by atoms with van der Waals surface area (Å²) >= 11 is 5.70. The fraction of sp³-hybridized carbons (Fsp3) is 0.250. The van der Waals surface area contributed by atoms with E-state index < -0.39 is 30.9 Å². The average molecular weight is 286 g/mol. The van der Waals surface area contributed by atoms with Gasteiger partial charge in [-0.3, -0.25) is 14.4 Å². The Balaban J connectivity index is 2.73. The first-order valence-electron chi connectivity index (χ1n) is 5.34. The lowest BCUT2D eigenvalue weighted by atomic mass is 10.1. The van der Waals surface area contributed by atoms with Crippen LogP contribution < -0.4 is 0 Å². The van der Waals surface area contributed by atoms with Crippen LogP contribution in [0.3, 0.4) is 0 Å². The summed E-state index contributed by atoms with van der Waals surface area (Å²) in [5.41, 5.74) is 0.634. The summed E-state index contributed by atoms with van der Waals surface area (Å²) in [6.07, 6.45) is -0.0717. The molecule has 6 nitrogen and oxygen atoms in total. The van der Waals surface area contributed by atoms with Gasteiger partial charge in [0.05, 0.1) is 6.42 Å². The molecular formula is C12H12ClNO5. The van der Waals surface area contributed by atoms with Gasteiger partial charge in [-0.15, -0.1) is 0 Å². The number of rotatable bonds is 6. The van der Waals surface area contributed by atoms with Crippen LogP contribution in [0.1, 0.15) is 5.56 Å². The molecule has 1 aromatic carbocycles. The van der Waals surface area contributed by atoms with Crippen molar-refractivity contribution < 1.29 is 24.6 Å². The summed E-state index contributed by atoms with van der Waals surface area (Å²) in [7, 11) is 0. The molecule has 1 rings (SSSR count). The van der Waals surface area contributed by atoms with E-state index >= 15 is 0 Å². The Bertz CT molecular complexity index is 469. The Hall–Kier alpha value is -2.08. The van der Waals surface area contributed by atoms with Crippen molar-refractivity contribution in [3.63, 3.8) is 0 Å². The Morgan fingerprint density at radius 2 is 1.47 bits per heavy atom. The molecule has 0 fully saturated rings. The van der Waals surface area contributed by atoms with Crippen LogP contribution in [-0.2, 0) is 20.8 Å². The Labute approximate surface area is 114 Å². The summed E-state index contributed by atoms with van der Waals surface area (Å²) in [6, 6.07) is 6.45. The van der Waals surface area contributed by atoms with E-state index in [0.717, 1.165) is 4.90 Å². The monoisotopic (exact) mass is 285 g/mol. The third kappa shape index (κ3) is 5.39. The molecule has 0 aliphatic heterocycles. The van der Waals surface area contributed by atoms with Crippen LogP contribution >= 0.6 is 11.6 Å². The predicted molar refractivity (Wildman–Crippen MR) is 67.0 cm³/mol. The van der Waals surface area contributed by atoms with Gasteiger partial charge >= 0.3 is 11.9 Å². The first-order valence-corrected chi connectivity index (χ1v) is 5.72. The maximum Gasteiger partial charge on any atom is 0.323 e. The normalized spacial score (nSPS) is 9.95. The van der Waals surface area contributed by atoms with Crippen LogP contribution in [0.25, 0.3) is 0 Å². The van der Waals surface area contributed by atoms with E-state index in [1.165, 1.54) is 0 Å². The van der Waals surface area contributed by atoms with E-state index in [1.807, 2.05) is 0 Å². The van der Waals surface area contributed by atoms with Gasteiger partial charge in [-0.05, 0) is 17.7 Å². The standard InChI is InChI=1S/C12H12ClNO5/c13-9-3-1-8(2-4-9)5-10(15)14(6-11(16)17)7-12(18)19/h1-4H,5-7H2,(H,16,17)(H,18,19). The molecule has 0 unspecified atom stereocenters. The molecule has 2 N–H and O–H groups in total. The molecule has 7 heteroatoms. The van der Waals surface area contributed by atoms with Crippen molar-refractivity contribution in [1.29, 1.82) is 0 Å². The lowest BCUT2D eigenvalue weighted by Crippen LogP contribution is -2.40. The Morgan fingerprint density at radius 3 is 1.89 bits per heavy atom. The highest BCUT2D eigenvalue weighted by molar-refractivity contribution is 6.30. The van der Waals surface area contributed by atoms with Gasteiger partial charge < -0.3 is 15.1 Å². The molecule has 0 saturated heterocycles. The fourth-order valence-electron chi connectivity index (χ4n) is 1.45. The SMILES string of the molecule is O=C(O)CN(CC(=O)O)C(=O)Cc1ccc(Cl)cc1. The van der Waals surface area contributed by atoms with Crippen molar-refractivity contribution in [1.82, 2.24) is 4.90 Å². The van der Waals surface area contributed by atoms with Gasteiger partial charge in [0.25, 0.3) is 0 Å². The number of benzene rings is 1. The molecule has 0 spiro atoms. The van der Waals surface area contributed by atoms with Crippen LogP contribution in [0.2, 0.25) is 5.02 Å². The Kier molecular flexibility index (Phi) is 5.32. The number of halogens is 1. The summed E-state index contributed by atoms with van der Waals surface area (Å²) < 4.78 is 0. The smallest absolute Gasteiger partial charge is 0.323 e. The predicted octanol–water partition coefficient (Wildman–Crippen LogP) is 0.880. The van der Waals surface area contributed by atoms with Crippen molar-refractivity contribution in [2.75, 3.05) is 13.1 Å². The van der Waals surface area contributed by atoms with Crippen molar-refractivity contribution in [3.8, 4) is 0 Å². The molecule has 0 atom stereocenters. The minimum Gasteiger partial charge on any atom is -0.480 e. The number of carbonyl (C=O) groups excluding carboxylic acids is 1. The number of carboxylic acids is 2. The zero-order chi connectivity index (χ0) is 14.4. The van der Waals surface area contributed by atoms with Gasteiger partial charge in [-0.25, -0.2) is 0 Å². The van der Waals surface area contributed by atoms with Crippen LogP contribution in [0.5, 0.6) is 0 Å². The molecule has 1 amide bonds. The molecule has 19 heavy (non-hydrogen) atoms. The van der Waals surface area contributed by atoms with E-state index in [0.29, 0.717) is 10.6 Å². The zero-order valence-corrected chi connectivity index (χ0v) is 10.6. The van der Waals surface area contributed by atoms with Crippen molar-refractivity contribution >= 4 is 29.4 Å². The average Bonchev–Trinajstić information content (AvgIpc) is 2.30. The third-order valence-electron chi connectivity index (χ3n) is 2.27. The van der Waals surface area contributed by atoms with Gasteiger partial charge in [0.2, 0.25) is 5.91 Å². The lowest BCUT2D eigenvalue weighted by Gasteiger charge is -2.18. The highest BCUT2D eigenvalue weighted by atomic mass is 35.5. The molecule has 0 saturated carbocycles. The third-order valence-corrected chi connectivity index (χ3v) is 2.53. The molecule has 1 aromatic rings. The highest BCUT2D eigenvalue weighted by Gasteiger charge is 2.19. The van der Waals surface area contributed by atoms with E-state index in [-0.39, 0.29) is 6.42 Å². The molecular weight excluding hydrogens is 274 g/mol. The van der Waals surface area contributed by atoms with Gasteiger partial charge in [0.15, 0.2) is 0 Å². The number of amides is 1. The van der Waals surface area contributed by atoms with Gasteiger partial charge in [-0.1, -0.05) is 23.7 Å². The molecule has 0 heterocycles. The maximum absolute atomic E-state index is 11.8. The maximum atomic E-state index is 11.8. The highest BCUT2D eigenvalue weighted by Crippen LogP contribution is 2.10. The van der Waals surface area contributed by atoms with E-state index in [4.69, 9.17) is 21.8 Å². The van der Waals surface area contributed by atoms with Crippen molar-refractivity contribution in [2.24, 2.45) is 0 Å². The van der Waals surface area contributed by atoms with Gasteiger partial charge in [0, 0.05) is 5.02 Å². The zero-order valence-electron chi connectivity index (χ0n) is 9.88. The molecule has 0 radical (unpaired) electrons. The molecule has 0 aromatic heterocycles. The molecule has 0 aliphatic rings. The first-order chi connectivity index (χ1) is 8.88. The van der Waals surface area contributed by atoms with E-state index in [1.54, 1.807) is 24.3 Å². The number of nitrogens with zero attached hydrogens (tertiary/aromatic N) is 1. The number of carbonyl (C=O) groups is 3. The number of carboxylic acid groups (broad SMARTS) is 2. The van der Waals surface area contributed by atoms with E-state index in [9.17, 15) is 14.4 Å². The second kappa shape index (κ2) is 6.75. The largest absolute Gasteiger partial charge is 0.480 e. The van der Waals surface area contributed by atoms with Crippen LogP contribution in [0.4, 0.5) is 0 Å². The molecule has 0 aliphatic carbocycles. The van der Waals surface area contributed by atoms with E-state index in [2.05, 4.69) is 0 Å².